The van der Waals surface area contributed by atoms with E-state index in [9.17, 15) is 4.79 Å². The maximum atomic E-state index is 13.6. The van der Waals surface area contributed by atoms with Crippen molar-refractivity contribution in [2.45, 2.75) is 44.2 Å². The minimum atomic E-state index is 0. The molecule has 2 aliphatic rings. The number of likely N-dealkylation sites (tertiary alicyclic amines) is 1. The van der Waals surface area contributed by atoms with Gasteiger partial charge in [-0.15, -0.1) is 23.7 Å². The van der Waals surface area contributed by atoms with E-state index < -0.39 is 0 Å². The van der Waals surface area contributed by atoms with E-state index >= 15 is 0 Å². The van der Waals surface area contributed by atoms with Crippen LogP contribution in [0.2, 0.25) is 0 Å². The van der Waals surface area contributed by atoms with Gasteiger partial charge < -0.3 is 9.64 Å². The van der Waals surface area contributed by atoms with Gasteiger partial charge in [-0.2, -0.15) is 0 Å². The molecular weight excluding hydrogens is 440 g/mol. The number of halogens is 1. The van der Waals surface area contributed by atoms with Gasteiger partial charge in [-0.3, -0.25) is 9.69 Å². The van der Waals surface area contributed by atoms with E-state index in [0.717, 1.165) is 37.2 Å². The van der Waals surface area contributed by atoms with Crippen LogP contribution in [0, 0.1) is 0 Å². The summed E-state index contributed by atoms with van der Waals surface area (Å²) in [5.74, 6) is 1.14. The van der Waals surface area contributed by atoms with Crippen molar-refractivity contribution in [2.24, 2.45) is 0 Å². The molecule has 0 bridgehead atoms. The van der Waals surface area contributed by atoms with Crippen molar-refractivity contribution >= 4 is 39.7 Å². The van der Waals surface area contributed by atoms with E-state index in [1.807, 2.05) is 18.0 Å². The fraction of sp³-hybridized carbons (Fsp3) is 0.423. The van der Waals surface area contributed by atoms with E-state index in [1.165, 1.54) is 34.1 Å². The number of nitrogens with zero attached hydrogens (tertiary/aromatic N) is 2. The summed E-state index contributed by atoms with van der Waals surface area (Å²) in [6.45, 7) is 2.27. The molecule has 1 aliphatic carbocycles. The molecule has 1 fully saturated rings. The Morgan fingerprint density at radius 2 is 1.94 bits per heavy atom. The van der Waals surface area contributed by atoms with Crippen LogP contribution in [0.3, 0.4) is 0 Å². The number of benzene rings is 2. The van der Waals surface area contributed by atoms with Gasteiger partial charge in [0.25, 0.3) is 0 Å². The molecule has 32 heavy (non-hydrogen) atoms. The van der Waals surface area contributed by atoms with E-state index in [2.05, 4.69) is 46.7 Å². The molecule has 0 radical (unpaired) electrons. The summed E-state index contributed by atoms with van der Waals surface area (Å²) in [6.07, 6.45) is 5.04. The second-order valence-electron chi connectivity index (χ2n) is 8.76. The van der Waals surface area contributed by atoms with Crippen molar-refractivity contribution in [1.82, 2.24) is 9.80 Å². The molecule has 4 nitrogen and oxygen atoms in total. The van der Waals surface area contributed by atoms with Gasteiger partial charge in [0.1, 0.15) is 5.75 Å². The lowest BCUT2D eigenvalue weighted by atomic mass is 9.81. The Hall–Kier alpha value is -2.08. The molecular formula is C26H31ClN2O2S. The first-order chi connectivity index (χ1) is 15.2. The van der Waals surface area contributed by atoms with Gasteiger partial charge in [-0.1, -0.05) is 30.3 Å². The number of fused-ring (bicyclic) bond motifs is 2. The van der Waals surface area contributed by atoms with E-state index in [1.54, 1.807) is 18.4 Å². The molecule has 2 atom stereocenters. The normalized spacial score (nSPS) is 20.6. The summed E-state index contributed by atoms with van der Waals surface area (Å²) in [5, 5.41) is 3.35. The number of rotatable bonds is 5. The molecule has 6 heteroatoms. The quantitative estimate of drug-likeness (QED) is 0.494. The average Bonchev–Trinajstić information content (AvgIpc) is 3.48. The van der Waals surface area contributed by atoms with Crippen LogP contribution < -0.4 is 4.74 Å². The Bertz CT molecular complexity index is 1090. The van der Waals surface area contributed by atoms with Crippen molar-refractivity contribution < 1.29 is 9.53 Å². The number of carbonyl (C=O) groups is 1. The van der Waals surface area contributed by atoms with Crippen molar-refractivity contribution in [3.05, 3.63) is 64.5 Å². The summed E-state index contributed by atoms with van der Waals surface area (Å²) in [4.78, 5) is 18.2. The number of ether oxygens (including phenoxy) is 1. The second-order valence-corrected chi connectivity index (χ2v) is 9.67. The highest BCUT2D eigenvalue weighted by Crippen LogP contribution is 2.41. The summed E-state index contributed by atoms with van der Waals surface area (Å²) in [6, 6.07) is 15.1. The molecule has 2 aromatic carbocycles. The Morgan fingerprint density at radius 3 is 2.72 bits per heavy atom. The van der Waals surface area contributed by atoms with Crippen LogP contribution in [0.15, 0.2) is 47.8 Å². The topological polar surface area (TPSA) is 32.8 Å². The van der Waals surface area contributed by atoms with Crippen LogP contribution in [0.4, 0.5) is 0 Å². The maximum Gasteiger partial charge on any atom is 0.227 e. The number of hydrogen-bond donors (Lipinski definition) is 0. The molecule has 0 spiro atoms. The molecule has 1 aliphatic heterocycles. The van der Waals surface area contributed by atoms with Crippen LogP contribution in [-0.2, 0) is 17.6 Å². The smallest absolute Gasteiger partial charge is 0.227 e. The third-order valence-corrected chi connectivity index (χ3v) is 8.10. The minimum absolute atomic E-state index is 0. The van der Waals surface area contributed by atoms with Crippen molar-refractivity contribution in [2.75, 3.05) is 27.2 Å². The fourth-order valence-electron chi connectivity index (χ4n) is 5.51. The van der Waals surface area contributed by atoms with Crippen molar-refractivity contribution in [3.8, 4) is 5.75 Å². The zero-order valence-corrected chi connectivity index (χ0v) is 20.4. The van der Waals surface area contributed by atoms with Gasteiger partial charge in [-0.05, 0) is 78.4 Å². The number of methoxy groups -OCH3 is 1. The Labute approximate surface area is 200 Å². The highest BCUT2D eigenvalue weighted by atomic mass is 35.5. The van der Waals surface area contributed by atoms with Crippen LogP contribution in [-0.4, -0.2) is 49.0 Å². The lowest BCUT2D eigenvalue weighted by molar-refractivity contribution is -0.133. The van der Waals surface area contributed by atoms with Crippen molar-refractivity contribution in [1.29, 1.82) is 0 Å². The predicted octanol–water partition coefficient (Wildman–Crippen LogP) is 5.48. The average molecular weight is 471 g/mol. The molecule has 0 N–H and O–H groups in total. The van der Waals surface area contributed by atoms with Gasteiger partial charge in [0.05, 0.1) is 19.6 Å². The molecule has 0 saturated carbocycles. The van der Waals surface area contributed by atoms with Crippen LogP contribution in [0.25, 0.3) is 10.1 Å². The summed E-state index contributed by atoms with van der Waals surface area (Å²) < 4.78 is 6.93. The van der Waals surface area contributed by atoms with Crippen LogP contribution in [0.1, 0.15) is 42.0 Å². The first-order valence-electron chi connectivity index (χ1n) is 11.3. The van der Waals surface area contributed by atoms with Gasteiger partial charge in [-0.25, -0.2) is 0 Å². The van der Waals surface area contributed by atoms with E-state index in [4.69, 9.17) is 4.74 Å². The van der Waals surface area contributed by atoms with E-state index in [-0.39, 0.29) is 24.4 Å². The van der Waals surface area contributed by atoms with Crippen LogP contribution in [0.5, 0.6) is 5.75 Å². The maximum absolute atomic E-state index is 13.6. The van der Waals surface area contributed by atoms with E-state index in [0.29, 0.717) is 12.5 Å². The molecule has 1 aromatic heterocycles. The molecule has 5 rings (SSSR count). The first kappa shape index (κ1) is 23.1. The standard InChI is InChI=1S/C26H30N2O2S.ClH/c1-27(25(29)16-18-17-31-24-11-4-3-8-19(18)24)26-21-9-7-10-23(30-2)20(21)12-13-22(26)28-14-5-6-15-28;/h3-4,7-11,17,22,26H,5-6,12-16H2,1-2H3;1H/t22-,26-;/m0./s1. The highest BCUT2D eigenvalue weighted by Gasteiger charge is 2.39. The molecule has 1 amide bonds. The Kier molecular flexibility index (Phi) is 7.08. The van der Waals surface area contributed by atoms with Gasteiger partial charge in [0.2, 0.25) is 5.91 Å². The molecule has 3 aromatic rings. The van der Waals surface area contributed by atoms with Gasteiger partial charge in [0.15, 0.2) is 0 Å². The van der Waals surface area contributed by atoms with Crippen molar-refractivity contribution in [3.63, 3.8) is 0 Å². The Morgan fingerprint density at radius 1 is 1.16 bits per heavy atom. The lowest BCUT2D eigenvalue weighted by Crippen LogP contribution is -2.48. The fourth-order valence-corrected chi connectivity index (χ4v) is 6.47. The molecule has 170 valence electrons. The largest absolute Gasteiger partial charge is 0.496 e. The molecule has 1 saturated heterocycles. The van der Waals surface area contributed by atoms with Gasteiger partial charge >= 0.3 is 0 Å². The van der Waals surface area contributed by atoms with Crippen LogP contribution >= 0.6 is 23.7 Å². The summed E-state index contributed by atoms with van der Waals surface area (Å²) in [7, 11) is 3.74. The zero-order valence-electron chi connectivity index (χ0n) is 18.8. The summed E-state index contributed by atoms with van der Waals surface area (Å²) in [5.41, 5.74) is 3.66. The lowest BCUT2D eigenvalue weighted by Gasteiger charge is -2.44. The summed E-state index contributed by atoms with van der Waals surface area (Å²) >= 11 is 1.72. The zero-order chi connectivity index (χ0) is 21.4. The minimum Gasteiger partial charge on any atom is -0.496 e. The van der Waals surface area contributed by atoms with Gasteiger partial charge in [0, 0.05) is 17.8 Å². The monoisotopic (exact) mass is 470 g/mol. The number of carbonyl (C=O) groups excluding carboxylic acids is 1. The number of amides is 1. The highest BCUT2D eigenvalue weighted by molar-refractivity contribution is 7.17. The first-order valence-corrected chi connectivity index (χ1v) is 12.2. The third kappa shape index (κ3) is 4.14. The predicted molar refractivity (Wildman–Crippen MR) is 134 cm³/mol. The molecule has 0 unspecified atom stereocenters. The Balaban J connectivity index is 0.00000245. The number of thiophene rings is 1. The second kappa shape index (κ2) is 9.82. The number of likely N-dealkylation sites (N-methyl/N-ethyl adjacent to an activating group) is 1. The molecule has 2 heterocycles. The number of hydrogen-bond acceptors (Lipinski definition) is 4. The SMILES string of the molecule is COc1cccc2c1CC[C@H](N1CCCC1)[C@H]2N(C)C(=O)Cc1csc2ccccc12.Cl. The third-order valence-electron chi connectivity index (χ3n) is 7.09.